The standard InChI is InChI=1S/C11H19BrN2O2S/c1-15-6-7-16-5-4-9(14-13)8-10-2-3-11(12)17-10/h2-3,9,14H,4-8,13H2,1H3. The first-order chi connectivity index (χ1) is 8.26. The summed E-state index contributed by atoms with van der Waals surface area (Å²) in [5.74, 6) is 5.53. The van der Waals surface area contributed by atoms with Crippen molar-refractivity contribution in [3.8, 4) is 0 Å². The number of ether oxygens (including phenoxy) is 2. The van der Waals surface area contributed by atoms with Crippen molar-refractivity contribution < 1.29 is 9.47 Å². The predicted octanol–water partition coefficient (Wildman–Crippen LogP) is 1.94. The Morgan fingerprint density at radius 3 is 2.82 bits per heavy atom. The Morgan fingerprint density at radius 1 is 1.41 bits per heavy atom. The molecule has 1 rings (SSSR count). The molecule has 1 aromatic rings. The smallest absolute Gasteiger partial charge is 0.0701 e. The molecule has 6 heteroatoms. The van der Waals surface area contributed by atoms with Crippen LogP contribution >= 0.6 is 27.3 Å². The van der Waals surface area contributed by atoms with E-state index < -0.39 is 0 Å². The van der Waals surface area contributed by atoms with Gasteiger partial charge in [-0.25, -0.2) is 0 Å². The third-order valence-electron chi connectivity index (χ3n) is 2.35. The summed E-state index contributed by atoms with van der Waals surface area (Å²) in [6.07, 6.45) is 1.83. The van der Waals surface area contributed by atoms with Crippen molar-refractivity contribution in [3.05, 3.63) is 20.8 Å². The number of rotatable bonds is 9. The number of nitrogens with two attached hydrogens (primary N) is 1. The summed E-state index contributed by atoms with van der Waals surface area (Å²) in [6.45, 7) is 1.97. The summed E-state index contributed by atoms with van der Waals surface area (Å²) in [4.78, 5) is 1.32. The lowest BCUT2D eigenvalue weighted by Crippen LogP contribution is -2.37. The lowest BCUT2D eigenvalue weighted by molar-refractivity contribution is 0.0658. The summed E-state index contributed by atoms with van der Waals surface area (Å²) in [5.41, 5.74) is 2.83. The van der Waals surface area contributed by atoms with Crippen molar-refractivity contribution in [2.24, 2.45) is 5.84 Å². The summed E-state index contributed by atoms with van der Waals surface area (Å²) in [6, 6.07) is 4.43. The van der Waals surface area contributed by atoms with E-state index in [9.17, 15) is 0 Å². The van der Waals surface area contributed by atoms with E-state index in [0.717, 1.165) is 16.6 Å². The molecule has 4 nitrogen and oxygen atoms in total. The average Bonchev–Trinajstić information content (AvgIpc) is 2.73. The van der Waals surface area contributed by atoms with Crippen LogP contribution in [0.4, 0.5) is 0 Å². The van der Waals surface area contributed by atoms with Gasteiger partial charge in [0.15, 0.2) is 0 Å². The monoisotopic (exact) mass is 322 g/mol. The molecule has 17 heavy (non-hydrogen) atoms. The number of methoxy groups -OCH3 is 1. The molecule has 0 saturated heterocycles. The Morgan fingerprint density at radius 2 is 2.24 bits per heavy atom. The molecule has 0 saturated carbocycles. The van der Waals surface area contributed by atoms with Gasteiger partial charge in [-0.1, -0.05) is 0 Å². The Kier molecular flexibility index (Phi) is 8.00. The molecule has 0 bridgehead atoms. The molecule has 1 aromatic heterocycles. The maximum atomic E-state index is 5.53. The van der Waals surface area contributed by atoms with Gasteiger partial charge in [0.05, 0.1) is 17.0 Å². The molecule has 3 N–H and O–H groups in total. The van der Waals surface area contributed by atoms with Crippen molar-refractivity contribution in [2.75, 3.05) is 26.9 Å². The number of hydrazine groups is 1. The minimum atomic E-state index is 0.253. The molecule has 0 radical (unpaired) electrons. The molecule has 0 aliphatic heterocycles. The third-order valence-corrected chi connectivity index (χ3v) is 4.00. The van der Waals surface area contributed by atoms with E-state index in [-0.39, 0.29) is 6.04 Å². The molecule has 0 aromatic carbocycles. The SMILES string of the molecule is COCCOCCC(Cc1ccc(Br)s1)NN. The van der Waals surface area contributed by atoms with E-state index >= 15 is 0 Å². The molecule has 0 aliphatic carbocycles. The van der Waals surface area contributed by atoms with Crippen LogP contribution in [-0.2, 0) is 15.9 Å². The molecule has 1 unspecified atom stereocenters. The first-order valence-electron chi connectivity index (χ1n) is 5.53. The van der Waals surface area contributed by atoms with Crippen LogP contribution in [0.1, 0.15) is 11.3 Å². The summed E-state index contributed by atoms with van der Waals surface area (Å²) in [7, 11) is 1.67. The van der Waals surface area contributed by atoms with E-state index in [1.54, 1.807) is 18.4 Å². The van der Waals surface area contributed by atoms with Crippen LogP contribution in [0.5, 0.6) is 0 Å². The Bertz CT molecular complexity index is 309. The fraction of sp³-hybridized carbons (Fsp3) is 0.636. The fourth-order valence-electron chi connectivity index (χ4n) is 1.42. The zero-order valence-electron chi connectivity index (χ0n) is 9.95. The number of halogens is 1. The number of hydrogen-bond donors (Lipinski definition) is 2. The lowest BCUT2D eigenvalue weighted by atomic mass is 10.1. The van der Waals surface area contributed by atoms with E-state index in [1.807, 2.05) is 0 Å². The first-order valence-corrected chi connectivity index (χ1v) is 7.14. The summed E-state index contributed by atoms with van der Waals surface area (Å²) in [5, 5.41) is 0. The maximum absolute atomic E-state index is 5.53. The number of hydrogen-bond acceptors (Lipinski definition) is 5. The van der Waals surface area contributed by atoms with E-state index in [0.29, 0.717) is 19.8 Å². The van der Waals surface area contributed by atoms with Gasteiger partial charge in [-0.15, -0.1) is 11.3 Å². The molecule has 1 heterocycles. The quantitative estimate of drug-likeness (QED) is 0.414. The van der Waals surface area contributed by atoms with Gasteiger partial charge in [-0.05, 0) is 40.9 Å². The molecule has 98 valence electrons. The van der Waals surface area contributed by atoms with Crippen molar-refractivity contribution in [3.63, 3.8) is 0 Å². The van der Waals surface area contributed by atoms with Crippen LogP contribution in [-0.4, -0.2) is 33.0 Å². The van der Waals surface area contributed by atoms with Gasteiger partial charge in [0.1, 0.15) is 0 Å². The Labute approximate surface area is 115 Å². The Hall–Kier alpha value is 0.0200. The van der Waals surface area contributed by atoms with E-state index in [4.69, 9.17) is 15.3 Å². The van der Waals surface area contributed by atoms with Crippen molar-refractivity contribution >= 4 is 27.3 Å². The lowest BCUT2D eigenvalue weighted by Gasteiger charge is -2.14. The fourth-order valence-corrected chi connectivity index (χ4v) is 2.98. The highest BCUT2D eigenvalue weighted by atomic mass is 79.9. The minimum Gasteiger partial charge on any atom is -0.382 e. The van der Waals surface area contributed by atoms with Gasteiger partial charge in [0.25, 0.3) is 0 Å². The van der Waals surface area contributed by atoms with E-state index in [2.05, 4.69) is 33.5 Å². The number of nitrogens with one attached hydrogen (secondary N) is 1. The summed E-state index contributed by atoms with van der Waals surface area (Å²) >= 11 is 5.19. The van der Waals surface area contributed by atoms with Crippen LogP contribution in [0, 0.1) is 0 Å². The highest BCUT2D eigenvalue weighted by Crippen LogP contribution is 2.23. The van der Waals surface area contributed by atoms with Gasteiger partial charge < -0.3 is 9.47 Å². The molecule has 0 amide bonds. The van der Waals surface area contributed by atoms with Crippen LogP contribution in [0.3, 0.4) is 0 Å². The molecule has 0 spiro atoms. The first kappa shape index (κ1) is 15.1. The topological polar surface area (TPSA) is 56.5 Å². The van der Waals surface area contributed by atoms with Crippen molar-refractivity contribution in [1.82, 2.24) is 5.43 Å². The second kappa shape index (κ2) is 9.02. The molecular formula is C11H19BrN2O2S. The number of thiophene rings is 1. The van der Waals surface area contributed by atoms with Gasteiger partial charge >= 0.3 is 0 Å². The van der Waals surface area contributed by atoms with E-state index in [1.165, 1.54) is 4.88 Å². The van der Waals surface area contributed by atoms with Gasteiger partial charge in [-0.2, -0.15) is 0 Å². The highest BCUT2D eigenvalue weighted by molar-refractivity contribution is 9.11. The van der Waals surface area contributed by atoms with Crippen molar-refractivity contribution in [1.29, 1.82) is 0 Å². The third kappa shape index (κ3) is 6.49. The normalized spacial score (nSPS) is 12.9. The van der Waals surface area contributed by atoms with Gasteiger partial charge in [-0.3, -0.25) is 11.3 Å². The van der Waals surface area contributed by atoms with Crippen molar-refractivity contribution in [2.45, 2.75) is 18.9 Å². The second-order valence-corrected chi connectivity index (χ2v) is 6.21. The van der Waals surface area contributed by atoms with Crippen LogP contribution in [0.25, 0.3) is 0 Å². The second-order valence-electron chi connectivity index (χ2n) is 3.67. The molecule has 1 atom stereocenters. The van der Waals surface area contributed by atoms with Gasteiger partial charge in [0, 0.05) is 24.6 Å². The van der Waals surface area contributed by atoms with Crippen LogP contribution in [0.15, 0.2) is 15.9 Å². The zero-order valence-corrected chi connectivity index (χ0v) is 12.4. The average molecular weight is 323 g/mol. The maximum Gasteiger partial charge on any atom is 0.0701 e. The molecular weight excluding hydrogens is 304 g/mol. The molecule has 0 fully saturated rings. The van der Waals surface area contributed by atoms with Crippen LogP contribution < -0.4 is 11.3 Å². The largest absolute Gasteiger partial charge is 0.382 e. The highest BCUT2D eigenvalue weighted by Gasteiger charge is 2.09. The van der Waals surface area contributed by atoms with Gasteiger partial charge in [0.2, 0.25) is 0 Å². The summed E-state index contributed by atoms with van der Waals surface area (Å²) < 4.78 is 11.5. The molecule has 0 aliphatic rings. The zero-order chi connectivity index (χ0) is 12.5. The van der Waals surface area contributed by atoms with Crippen LogP contribution in [0.2, 0.25) is 0 Å². The Balaban J connectivity index is 2.19. The minimum absolute atomic E-state index is 0.253. The predicted molar refractivity (Wildman–Crippen MR) is 74.1 cm³/mol.